The number of carbonyl (C=O) groups is 1. The molecule has 1 N–H and O–H groups in total. The quantitative estimate of drug-likeness (QED) is 0.903. The fourth-order valence-electron chi connectivity index (χ4n) is 2.97. The first-order chi connectivity index (χ1) is 10.2. The van der Waals surface area contributed by atoms with Gasteiger partial charge in [-0.25, -0.2) is 0 Å². The standard InChI is InChI=1S/C18H28N2O/c1-15-9-5-6-10-17(15)11-12-19-16(2)18(21)20-13-7-3-4-8-14-20/h5-6,9-10,16,19H,3-4,7-8,11-14H2,1-2H3. The summed E-state index contributed by atoms with van der Waals surface area (Å²) in [5, 5.41) is 3.38. The lowest BCUT2D eigenvalue weighted by Gasteiger charge is -2.24. The Balaban J connectivity index is 1.77. The molecule has 0 aromatic heterocycles. The largest absolute Gasteiger partial charge is 0.341 e. The Kier molecular flexibility index (Phi) is 6.24. The van der Waals surface area contributed by atoms with E-state index in [1.165, 1.54) is 24.0 Å². The van der Waals surface area contributed by atoms with Crippen LogP contribution in [0.4, 0.5) is 0 Å². The van der Waals surface area contributed by atoms with E-state index in [4.69, 9.17) is 0 Å². The molecule has 1 saturated heterocycles. The van der Waals surface area contributed by atoms with Crippen molar-refractivity contribution in [2.45, 2.75) is 52.0 Å². The van der Waals surface area contributed by atoms with Crippen molar-refractivity contribution in [1.29, 1.82) is 0 Å². The molecule has 0 saturated carbocycles. The Morgan fingerprint density at radius 3 is 2.52 bits per heavy atom. The molecule has 0 bridgehead atoms. The minimum absolute atomic E-state index is 0.0767. The maximum atomic E-state index is 12.4. The van der Waals surface area contributed by atoms with Crippen LogP contribution in [-0.4, -0.2) is 36.5 Å². The van der Waals surface area contributed by atoms with Crippen LogP contribution < -0.4 is 5.32 Å². The first-order valence-corrected chi connectivity index (χ1v) is 8.25. The maximum absolute atomic E-state index is 12.4. The molecule has 1 heterocycles. The van der Waals surface area contributed by atoms with Crippen LogP contribution in [0.1, 0.15) is 43.7 Å². The Hall–Kier alpha value is -1.35. The Morgan fingerprint density at radius 2 is 1.86 bits per heavy atom. The molecular formula is C18H28N2O. The second kappa shape index (κ2) is 8.18. The molecular weight excluding hydrogens is 260 g/mol. The molecule has 3 heteroatoms. The summed E-state index contributed by atoms with van der Waals surface area (Å²) in [7, 11) is 0. The highest BCUT2D eigenvalue weighted by Crippen LogP contribution is 2.11. The normalized spacial score (nSPS) is 17.3. The van der Waals surface area contributed by atoms with Crippen molar-refractivity contribution in [2.75, 3.05) is 19.6 Å². The number of aryl methyl sites for hydroxylation is 1. The van der Waals surface area contributed by atoms with Crippen molar-refractivity contribution in [3.05, 3.63) is 35.4 Å². The lowest BCUT2D eigenvalue weighted by Crippen LogP contribution is -2.45. The van der Waals surface area contributed by atoms with Gasteiger partial charge in [0.2, 0.25) is 5.91 Å². The summed E-state index contributed by atoms with van der Waals surface area (Å²) in [4.78, 5) is 14.5. The van der Waals surface area contributed by atoms with E-state index in [2.05, 4.69) is 36.5 Å². The molecule has 116 valence electrons. The molecule has 1 atom stereocenters. The predicted molar refractivity (Wildman–Crippen MR) is 87.4 cm³/mol. The van der Waals surface area contributed by atoms with Crippen molar-refractivity contribution in [2.24, 2.45) is 0 Å². The van der Waals surface area contributed by atoms with Crippen molar-refractivity contribution in [1.82, 2.24) is 10.2 Å². The van der Waals surface area contributed by atoms with Gasteiger partial charge in [-0.15, -0.1) is 0 Å². The van der Waals surface area contributed by atoms with E-state index in [0.29, 0.717) is 0 Å². The summed E-state index contributed by atoms with van der Waals surface area (Å²) in [6.45, 7) is 6.85. The molecule has 0 spiro atoms. The second-order valence-electron chi connectivity index (χ2n) is 6.09. The number of hydrogen-bond donors (Lipinski definition) is 1. The minimum Gasteiger partial charge on any atom is -0.341 e. The molecule has 1 unspecified atom stereocenters. The van der Waals surface area contributed by atoms with E-state index >= 15 is 0 Å². The molecule has 0 radical (unpaired) electrons. The van der Waals surface area contributed by atoms with Crippen LogP contribution in [0, 0.1) is 6.92 Å². The highest BCUT2D eigenvalue weighted by molar-refractivity contribution is 5.81. The van der Waals surface area contributed by atoms with E-state index < -0.39 is 0 Å². The number of carbonyl (C=O) groups excluding carboxylic acids is 1. The third-order valence-corrected chi connectivity index (χ3v) is 4.39. The molecule has 1 aromatic carbocycles. The number of nitrogens with one attached hydrogen (secondary N) is 1. The monoisotopic (exact) mass is 288 g/mol. The van der Waals surface area contributed by atoms with Crippen LogP contribution in [0.15, 0.2) is 24.3 Å². The second-order valence-corrected chi connectivity index (χ2v) is 6.09. The van der Waals surface area contributed by atoms with E-state index in [9.17, 15) is 4.79 Å². The van der Waals surface area contributed by atoms with Crippen molar-refractivity contribution in [3.63, 3.8) is 0 Å². The van der Waals surface area contributed by atoms with Gasteiger partial charge in [0.05, 0.1) is 6.04 Å². The first kappa shape index (κ1) is 16.0. The average Bonchev–Trinajstić information content (AvgIpc) is 2.77. The Bertz CT molecular complexity index is 450. The van der Waals surface area contributed by atoms with Gasteiger partial charge < -0.3 is 10.2 Å². The molecule has 0 aliphatic carbocycles. The van der Waals surface area contributed by atoms with Gasteiger partial charge in [-0.2, -0.15) is 0 Å². The van der Waals surface area contributed by atoms with Crippen LogP contribution in [0.3, 0.4) is 0 Å². The zero-order valence-electron chi connectivity index (χ0n) is 13.4. The summed E-state index contributed by atoms with van der Waals surface area (Å²) in [5.74, 6) is 0.265. The zero-order valence-corrected chi connectivity index (χ0v) is 13.4. The fraction of sp³-hybridized carbons (Fsp3) is 0.611. The number of hydrogen-bond acceptors (Lipinski definition) is 2. The maximum Gasteiger partial charge on any atom is 0.239 e. The first-order valence-electron chi connectivity index (χ1n) is 8.25. The van der Waals surface area contributed by atoms with Crippen LogP contribution in [0.25, 0.3) is 0 Å². The molecule has 2 rings (SSSR count). The van der Waals surface area contributed by atoms with E-state index in [1.807, 2.05) is 11.8 Å². The van der Waals surface area contributed by atoms with Crippen LogP contribution in [-0.2, 0) is 11.2 Å². The summed E-state index contributed by atoms with van der Waals surface area (Å²) in [6.07, 6.45) is 5.81. The molecule has 1 amide bonds. The lowest BCUT2D eigenvalue weighted by molar-refractivity contribution is -0.133. The van der Waals surface area contributed by atoms with Gasteiger partial charge in [0.1, 0.15) is 0 Å². The average molecular weight is 288 g/mol. The smallest absolute Gasteiger partial charge is 0.239 e. The van der Waals surface area contributed by atoms with Crippen molar-refractivity contribution >= 4 is 5.91 Å². The summed E-state index contributed by atoms with van der Waals surface area (Å²) in [5.41, 5.74) is 2.69. The molecule has 3 nitrogen and oxygen atoms in total. The number of likely N-dealkylation sites (tertiary alicyclic amines) is 1. The number of rotatable bonds is 5. The van der Waals surface area contributed by atoms with E-state index in [1.54, 1.807) is 0 Å². The molecule has 1 aliphatic heterocycles. The van der Waals surface area contributed by atoms with E-state index in [0.717, 1.165) is 38.9 Å². The lowest BCUT2D eigenvalue weighted by atomic mass is 10.1. The predicted octanol–water partition coefficient (Wildman–Crippen LogP) is 2.92. The van der Waals surface area contributed by atoms with Gasteiger partial charge in [-0.1, -0.05) is 37.1 Å². The SMILES string of the molecule is Cc1ccccc1CCNC(C)C(=O)N1CCCCCC1. The Morgan fingerprint density at radius 1 is 1.19 bits per heavy atom. The Labute approximate surface area is 128 Å². The van der Waals surface area contributed by atoms with Crippen LogP contribution >= 0.6 is 0 Å². The van der Waals surface area contributed by atoms with E-state index in [-0.39, 0.29) is 11.9 Å². The zero-order chi connectivity index (χ0) is 15.1. The molecule has 1 aromatic rings. The van der Waals surface area contributed by atoms with Crippen molar-refractivity contribution in [3.8, 4) is 0 Å². The molecule has 21 heavy (non-hydrogen) atoms. The molecule has 1 fully saturated rings. The van der Waals surface area contributed by atoms with Gasteiger partial charge >= 0.3 is 0 Å². The van der Waals surface area contributed by atoms with Crippen molar-refractivity contribution < 1.29 is 4.79 Å². The number of amides is 1. The highest BCUT2D eigenvalue weighted by atomic mass is 16.2. The van der Waals surface area contributed by atoms with Gasteiger partial charge in [-0.3, -0.25) is 4.79 Å². The highest BCUT2D eigenvalue weighted by Gasteiger charge is 2.20. The van der Waals surface area contributed by atoms with Crippen LogP contribution in [0.2, 0.25) is 0 Å². The third-order valence-electron chi connectivity index (χ3n) is 4.39. The topological polar surface area (TPSA) is 32.3 Å². The summed E-state index contributed by atoms with van der Waals surface area (Å²) >= 11 is 0. The number of benzene rings is 1. The van der Waals surface area contributed by atoms with Gasteiger partial charge in [0, 0.05) is 13.1 Å². The van der Waals surface area contributed by atoms with Gasteiger partial charge in [-0.05, 0) is 50.8 Å². The van der Waals surface area contributed by atoms with Crippen LogP contribution in [0.5, 0.6) is 0 Å². The third kappa shape index (κ3) is 4.85. The summed E-state index contributed by atoms with van der Waals surface area (Å²) in [6, 6.07) is 8.37. The van der Waals surface area contributed by atoms with Gasteiger partial charge in [0.25, 0.3) is 0 Å². The van der Waals surface area contributed by atoms with Gasteiger partial charge in [0.15, 0.2) is 0 Å². The number of nitrogens with zero attached hydrogens (tertiary/aromatic N) is 1. The fourth-order valence-corrected chi connectivity index (χ4v) is 2.97. The minimum atomic E-state index is -0.0767. The molecule has 1 aliphatic rings. The summed E-state index contributed by atoms with van der Waals surface area (Å²) < 4.78 is 0.